The third-order valence-corrected chi connectivity index (χ3v) is 4.87. The Labute approximate surface area is 140 Å². The Kier molecular flexibility index (Phi) is 4.72. The van der Waals surface area contributed by atoms with Crippen LogP contribution in [-0.4, -0.2) is 61.0 Å². The van der Waals surface area contributed by atoms with Gasteiger partial charge in [0.25, 0.3) is 5.91 Å². The number of imidazole rings is 1. The van der Waals surface area contributed by atoms with Crippen LogP contribution in [-0.2, 0) is 13.1 Å². The van der Waals surface area contributed by atoms with Gasteiger partial charge in [-0.25, -0.2) is 4.98 Å². The van der Waals surface area contributed by atoms with Gasteiger partial charge in [-0.3, -0.25) is 4.79 Å². The average Bonchev–Trinajstić information content (AvgIpc) is 3.15. The van der Waals surface area contributed by atoms with Crippen LogP contribution in [0.3, 0.4) is 0 Å². The molecule has 2 aromatic heterocycles. The second-order valence-corrected chi connectivity index (χ2v) is 6.98. The van der Waals surface area contributed by atoms with Gasteiger partial charge in [-0.1, -0.05) is 4.49 Å². The van der Waals surface area contributed by atoms with Gasteiger partial charge in [0.15, 0.2) is 5.69 Å². The number of aromatic nitrogens is 4. The summed E-state index contributed by atoms with van der Waals surface area (Å²) >= 11 is 1.20. The van der Waals surface area contributed by atoms with Gasteiger partial charge in [-0.15, -0.1) is 5.10 Å². The van der Waals surface area contributed by atoms with Crippen LogP contribution < -0.4 is 0 Å². The number of amides is 1. The molecule has 0 aromatic carbocycles. The van der Waals surface area contributed by atoms with Crippen LogP contribution in [0.4, 0.5) is 0 Å². The minimum atomic E-state index is -0.0626. The molecule has 3 rings (SSSR count). The van der Waals surface area contributed by atoms with Crippen LogP contribution in [0.1, 0.15) is 30.2 Å². The largest absolute Gasteiger partial charge is 0.333 e. The van der Waals surface area contributed by atoms with E-state index >= 15 is 0 Å². The third kappa shape index (κ3) is 3.59. The molecule has 0 fully saturated rings. The van der Waals surface area contributed by atoms with Crippen LogP contribution in [0.5, 0.6) is 0 Å². The van der Waals surface area contributed by atoms with Crippen LogP contribution in [0.15, 0.2) is 17.8 Å². The summed E-state index contributed by atoms with van der Waals surface area (Å²) in [6, 6.07) is 0.479. The molecule has 0 aliphatic carbocycles. The first-order valence-electron chi connectivity index (χ1n) is 7.81. The first kappa shape index (κ1) is 16.1. The minimum absolute atomic E-state index is 0.0626. The number of fused-ring (bicyclic) bond motifs is 1. The van der Waals surface area contributed by atoms with Crippen molar-refractivity contribution in [2.75, 3.05) is 20.1 Å². The number of rotatable bonds is 4. The highest BCUT2D eigenvalue weighted by Crippen LogP contribution is 2.19. The van der Waals surface area contributed by atoms with E-state index in [2.05, 4.69) is 44.9 Å². The average molecular weight is 334 g/mol. The van der Waals surface area contributed by atoms with E-state index in [-0.39, 0.29) is 5.91 Å². The highest BCUT2D eigenvalue weighted by molar-refractivity contribution is 7.03. The molecule has 2 aromatic rings. The number of carbonyl (C=O) groups is 1. The topological polar surface area (TPSA) is 67.2 Å². The predicted octanol–water partition coefficient (Wildman–Crippen LogP) is 1.35. The standard InChI is InChI=1S/C15H22N6OS/c1-11(2)19(3)6-12-7-20-5-4-16-14(20)9-21(8-12)15(22)13-10-23-18-17-13/h4-5,10-12H,6-9H2,1-3H3. The minimum Gasteiger partial charge on any atom is -0.333 e. The summed E-state index contributed by atoms with van der Waals surface area (Å²) in [6.07, 6.45) is 3.80. The lowest BCUT2D eigenvalue weighted by molar-refractivity contribution is 0.0696. The van der Waals surface area contributed by atoms with Gasteiger partial charge in [-0.2, -0.15) is 0 Å². The molecule has 8 heteroatoms. The molecule has 124 valence electrons. The molecule has 0 spiro atoms. The predicted molar refractivity (Wildman–Crippen MR) is 88.1 cm³/mol. The zero-order valence-electron chi connectivity index (χ0n) is 13.7. The van der Waals surface area contributed by atoms with Gasteiger partial charge in [0.1, 0.15) is 5.82 Å². The Bertz CT molecular complexity index is 653. The lowest BCUT2D eigenvalue weighted by Gasteiger charge is -2.29. The highest BCUT2D eigenvalue weighted by Gasteiger charge is 2.28. The fourth-order valence-corrected chi connectivity index (χ4v) is 3.28. The molecule has 0 N–H and O–H groups in total. The maximum absolute atomic E-state index is 12.7. The lowest BCUT2D eigenvalue weighted by Crippen LogP contribution is -2.40. The summed E-state index contributed by atoms with van der Waals surface area (Å²) in [5.41, 5.74) is 0.422. The molecule has 1 aliphatic rings. The smallest absolute Gasteiger partial charge is 0.275 e. The molecule has 0 bridgehead atoms. The summed E-state index contributed by atoms with van der Waals surface area (Å²) in [4.78, 5) is 21.3. The molecule has 1 aliphatic heterocycles. The van der Waals surface area contributed by atoms with Crippen molar-refractivity contribution < 1.29 is 4.79 Å². The van der Waals surface area contributed by atoms with Crippen molar-refractivity contribution >= 4 is 17.4 Å². The van der Waals surface area contributed by atoms with E-state index in [9.17, 15) is 4.79 Å². The summed E-state index contributed by atoms with van der Waals surface area (Å²) in [7, 11) is 2.13. The molecule has 7 nitrogen and oxygen atoms in total. The zero-order chi connectivity index (χ0) is 16.4. The second-order valence-electron chi connectivity index (χ2n) is 6.37. The molecule has 0 radical (unpaired) electrons. The quantitative estimate of drug-likeness (QED) is 0.844. The lowest BCUT2D eigenvalue weighted by atomic mass is 10.1. The van der Waals surface area contributed by atoms with Crippen molar-refractivity contribution in [2.45, 2.75) is 33.0 Å². The van der Waals surface area contributed by atoms with Gasteiger partial charge < -0.3 is 14.4 Å². The Balaban J connectivity index is 1.81. The van der Waals surface area contributed by atoms with Crippen molar-refractivity contribution in [3.63, 3.8) is 0 Å². The summed E-state index contributed by atoms with van der Waals surface area (Å²) in [5, 5.41) is 5.62. The van der Waals surface area contributed by atoms with E-state index in [0.717, 1.165) is 18.9 Å². The van der Waals surface area contributed by atoms with Gasteiger partial charge in [0.2, 0.25) is 0 Å². The summed E-state index contributed by atoms with van der Waals surface area (Å²) < 4.78 is 5.96. The van der Waals surface area contributed by atoms with Crippen LogP contribution in [0.25, 0.3) is 0 Å². The van der Waals surface area contributed by atoms with E-state index in [0.29, 0.717) is 30.7 Å². The number of nitrogens with zero attached hydrogens (tertiary/aromatic N) is 6. The Morgan fingerprint density at radius 2 is 2.30 bits per heavy atom. The molecular formula is C15H22N6OS. The van der Waals surface area contributed by atoms with Crippen molar-refractivity contribution in [1.29, 1.82) is 0 Å². The first-order valence-corrected chi connectivity index (χ1v) is 8.65. The van der Waals surface area contributed by atoms with Crippen molar-refractivity contribution in [3.05, 3.63) is 29.3 Å². The molecule has 3 heterocycles. The van der Waals surface area contributed by atoms with Gasteiger partial charge in [0, 0.05) is 49.4 Å². The SMILES string of the molecule is CC(C)N(C)CC1CN(C(=O)c2csnn2)Cc2nccn2C1. The third-order valence-electron chi connectivity index (χ3n) is 4.36. The molecule has 23 heavy (non-hydrogen) atoms. The van der Waals surface area contributed by atoms with Crippen LogP contribution in [0, 0.1) is 5.92 Å². The molecule has 0 saturated heterocycles. The van der Waals surface area contributed by atoms with E-state index in [1.165, 1.54) is 11.5 Å². The van der Waals surface area contributed by atoms with Crippen LogP contribution >= 0.6 is 11.5 Å². The normalized spacial score (nSPS) is 18.3. The number of hydrogen-bond donors (Lipinski definition) is 0. The van der Waals surface area contributed by atoms with E-state index in [1.807, 2.05) is 11.1 Å². The van der Waals surface area contributed by atoms with Gasteiger partial charge in [-0.05, 0) is 32.4 Å². The maximum atomic E-state index is 12.7. The highest BCUT2D eigenvalue weighted by atomic mass is 32.1. The van der Waals surface area contributed by atoms with Crippen molar-refractivity contribution in [2.24, 2.45) is 5.92 Å². The van der Waals surface area contributed by atoms with E-state index < -0.39 is 0 Å². The number of hydrogen-bond acceptors (Lipinski definition) is 6. The van der Waals surface area contributed by atoms with Gasteiger partial charge in [0.05, 0.1) is 6.54 Å². The van der Waals surface area contributed by atoms with Crippen molar-refractivity contribution in [3.8, 4) is 0 Å². The Hall–Kier alpha value is -1.80. The molecule has 0 saturated carbocycles. The second kappa shape index (κ2) is 6.76. The Morgan fingerprint density at radius 3 is 3.00 bits per heavy atom. The molecular weight excluding hydrogens is 312 g/mol. The van der Waals surface area contributed by atoms with Crippen LogP contribution in [0.2, 0.25) is 0 Å². The monoisotopic (exact) mass is 334 g/mol. The summed E-state index contributed by atoms with van der Waals surface area (Å²) in [6.45, 7) is 7.41. The fraction of sp³-hybridized carbons (Fsp3) is 0.600. The molecule has 1 atom stereocenters. The maximum Gasteiger partial charge on any atom is 0.275 e. The Morgan fingerprint density at radius 1 is 1.48 bits per heavy atom. The van der Waals surface area contributed by atoms with E-state index in [1.54, 1.807) is 11.6 Å². The zero-order valence-corrected chi connectivity index (χ0v) is 14.5. The molecule has 1 unspecified atom stereocenters. The first-order chi connectivity index (χ1) is 11.0. The van der Waals surface area contributed by atoms with Gasteiger partial charge >= 0.3 is 0 Å². The molecule has 1 amide bonds. The van der Waals surface area contributed by atoms with E-state index in [4.69, 9.17) is 0 Å². The van der Waals surface area contributed by atoms with Crippen molar-refractivity contribution in [1.82, 2.24) is 28.9 Å². The fourth-order valence-electron chi connectivity index (χ4n) is 2.85. The summed E-state index contributed by atoms with van der Waals surface area (Å²) in [5.74, 6) is 1.22. The number of carbonyl (C=O) groups excluding carboxylic acids is 1.